The molecule has 0 saturated heterocycles. The number of hydrogen-bond acceptors (Lipinski definition) is 5. The fourth-order valence-corrected chi connectivity index (χ4v) is 5.50. The summed E-state index contributed by atoms with van der Waals surface area (Å²) >= 11 is 0. The molecule has 2 heterocycles. The number of aliphatic imine (C=N–C) groups is 1. The first-order valence-corrected chi connectivity index (χ1v) is 9.83. The van der Waals surface area contributed by atoms with Gasteiger partial charge < -0.3 is 15.2 Å². The van der Waals surface area contributed by atoms with E-state index in [9.17, 15) is 4.39 Å². The molecule has 152 valence electrons. The number of nitrogens with two attached hydrogens (primary N) is 1. The Morgan fingerprint density at radius 3 is 3.03 bits per heavy atom. The number of amidine groups is 1. The van der Waals surface area contributed by atoms with E-state index in [0.717, 1.165) is 5.56 Å². The second-order valence-electron chi connectivity index (χ2n) is 8.43. The van der Waals surface area contributed by atoms with Gasteiger partial charge in [-0.25, -0.2) is 9.38 Å². The lowest BCUT2D eigenvalue weighted by molar-refractivity contribution is -0.0445. The van der Waals surface area contributed by atoms with Crippen LogP contribution in [-0.4, -0.2) is 30.7 Å². The molecule has 2 spiro atoms. The lowest BCUT2D eigenvalue weighted by Crippen LogP contribution is -2.48. The topological polar surface area (TPSA) is 69.7 Å². The molecule has 5 nitrogen and oxygen atoms in total. The van der Waals surface area contributed by atoms with Crippen LogP contribution in [0.3, 0.4) is 0 Å². The lowest BCUT2D eigenvalue weighted by atomic mass is 9.59. The number of ether oxygens (including phenoxy) is 2. The van der Waals surface area contributed by atoms with Crippen LogP contribution < -0.4 is 5.73 Å². The predicted molar refractivity (Wildman–Crippen MR) is 109 cm³/mol. The minimum Gasteiger partial charge on any atom is -0.462 e. The van der Waals surface area contributed by atoms with Crippen molar-refractivity contribution in [3.8, 4) is 11.1 Å². The maximum Gasteiger partial charge on any atom is 0.283 e. The maximum absolute atomic E-state index is 14.5. The van der Waals surface area contributed by atoms with Gasteiger partial charge in [-0.1, -0.05) is 19.1 Å². The van der Waals surface area contributed by atoms with E-state index in [1.165, 1.54) is 18.5 Å². The van der Waals surface area contributed by atoms with Crippen LogP contribution in [0.25, 0.3) is 11.1 Å². The molecule has 1 saturated carbocycles. The summed E-state index contributed by atoms with van der Waals surface area (Å²) in [6, 6.07) is 6.49. The summed E-state index contributed by atoms with van der Waals surface area (Å²) < 4.78 is 65.6. The monoisotopic (exact) mass is 400 g/mol. The smallest absolute Gasteiger partial charge is 0.283 e. The number of rotatable bonds is 2. The van der Waals surface area contributed by atoms with Gasteiger partial charge in [0.2, 0.25) is 0 Å². The molecule has 0 unspecified atom stereocenters. The van der Waals surface area contributed by atoms with E-state index in [1.807, 2.05) is 13.0 Å². The Labute approximate surface area is 177 Å². The summed E-state index contributed by atoms with van der Waals surface area (Å²) in [5.74, 6) is -0.593. The summed E-state index contributed by atoms with van der Waals surface area (Å²) in [4.78, 5) is 8.65. The third kappa shape index (κ3) is 2.61. The van der Waals surface area contributed by atoms with E-state index in [4.69, 9.17) is 22.1 Å². The average molecular weight is 401 g/mol. The molecule has 4 atom stereocenters. The van der Waals surface area contributed by atoms with E-state index < -0.39 is 36.5 Å². The van der Waals surface area contributed by atoms with Crippen molar-refractivity contribution in [1.29, 1.82) is 0 Å². The van der Waals surface area contributed by atoms with Crippen LogP contribution in [-0.2, 0) is 21.4 Å². The average Bonchev–Trinajstić information content (AvgIpc) is 3.14. The Balaban J connectivity index is 1.63. The van der Waals surface area contributed by atoms with Crippen LogP contribution in [0.15, 0.2) is 41.7 Å². The molecule has 29 heavy (non-hydrogen) atoms. The van der Waals surface area contributed by atoms with E-state index in [1.54, 1.807) is 12.1 Å². The standard InChI is InChI=1S/C23H26FN3O2/c1-14-10-22(7-5-20(14)28-2)11-16-4-3-15(17-12-26-8-6-19(17)24)9-18(16)23(22)13-29-21(25)27-23/h3-4,6,8-9,12,14,20H,5,7,10-11,13H2,1-2H3,(H2,25,27)/t14-,20-,22-,23-/m1/s1/i2D3,13D2. The fourth-order valence-electron chi connectivity index (χ4n) is 5.50. The van der Waals surface area contributed by atoms with E-state index >= 15 is 0 Å². The zero-order valence-electron chi connectivity index (χ0n) is 21.1. The van der Waals surface area contributed by atoms with Crippen molar-refractivity contribution in [3.05, 3.63) is 53.6 Å². The fraction of sp³-hybridized carbons (Fsp3) is 0.478. The third-order valence-corrected chi connectivity index (χ3v) is 6.86. The van der Waals surface area contributed by atoms with Crippen molar-refractivity contribution in [2.24, 2.45) is 22.1 Å². The van der Waals surface area contributed by atoms with Gasteiger partial charge in [0.1, 0.15) is 17.9 Å². The summed E-state index contributed by atoms with van der Waals surface area (Å²) in [6.07, 6.45) is 4.23. The van der Waals surface area contributed by atoms with Crippen LogP contribution in [0, 0.1) is 17.2 Å². The van der Waals surface area contributed by atoms with Gasteiger partial charge >= 0.3 is 0 Å². The predicted octanol–water partition coefficient (Wildman–Crippen LogP) is 3.81. The van der Waals surface area contributed by atoms with Crippen LogP contribution in [0.5, 0.6) is 0 Å². The van der Waals surface area contributed by atoms with Crippen molar-refractivity contribution in [3.63, 3.8) is 0 Å². The molecule has 2 aromatic rings. The first-order chi connectivity index (χ1) is 15.9. The highest BCUT2D eigenvalue weighted by molar-refractivity contribution is 5.76. The number of fused-ring (bicyclic) bond motifs is 3. The van der Waals surface area contributed by atoms with E-state index in [0.29, 0.717) is 42.4 Å². The second kappa shape index (κ2) is 6.52. The molecule has 1 aromatic carbocycles. The highest BCUT2D eigenvalue weighted by Gasteiger charge is 2.62. The molecule has 2 aliphatic carbocycles. The number of halogens is 1. The van der Waals surface area contributed by atoms with E-state index in [-0.39, 0.29) is 11.9 Å². The van der Waals surface area contributed by atoms with E-state index in [2.05, 4.69) is 9.98 Å². The zero-order chi connectivity index (χ0) is 24.5. The summed E-state index contributed by atoms with van der Waals surface area (Å²) in [7, 11) is -2.50. The SMILES string of the molecule is [2H]C([2H])([2H])O[C@@H]1CC[C@]2(Cc3ccc(-c4cnccc4F)cc3[C@@]23N=C(N)OC3([2H])[2H])C[C@H]1C. The summed E-state index contributed by atoms with van der Waals surface area (Å²) in [6.45, 7) is -0.325. The van der Waals surface area contributed by atoms with Gasteiger partial charge in [0.15, 0.2) is 0 Å². The molecule has 6 heteroatoms. The van der Waals surface area contributed by atoms with Gasteiger partial charge in [0.05, 0.1) is 13.0 Å². The van der Waals surface area contributed by atoms with Crippen LogP contribution in [0.2, 0.25) is 0 Å². The largest absolute Gasteiger partial charge is 0.462 e. The highest BCUT2D eigenvalue weighted by Crippen LogP contribution is 2.62. The normalized spacial score (nSPS) is 37.7. The molecular formula is C23H26FN3O2. The minimum atomic E-state index is -2.50. The Morgan fingerprint density at radius 2 is 2.31 bits per heavy atom. The molecular weight excluding hydrogens is 369 g/mol. The number of methoxy groups -OCH3 is 1. The molecule has 1 aliphatic heterocycles. The van der Waals surface area contributed by atoms with Crippen molar-refractivity contribution < 1.29 is 20.7 Å². The Hall–Kier alpha value is -2.47. The van der Waals surface area contributed by atoms with Gasteiger partial charge in [-0.15, -0.1) is 0 Å². The number of aromatic nitrogens is 1. The molecule has 1 aromatic heterocycles. The summed E-state index contributed by atoms with van der Waals surface area (Å²) in [5.41, 5.74) is 6.16. The van der Waals surface area contributed by atoms with Crippen LogP contribution >= 0.6 is 0 Å². The molecule has 0 bridgehead atoms. The number of nitrogens with zero attached hydrogens (tertiary/aromatic N) is 2. The van der Waals surface area contributed by atoms with Gasteiger partial charge in [0, 0.05) is 30.4 Å². The highest BCUT2D eigenvalue weighted by atomic mass is 19.1. The lowest BCUT2D eigenvalue weighted by Gasteiger charge is -2.47. The molecule has 3 aliphatic rings. The minimum absolute atomic E-state index is 0.163. The Bertz CT molecular complexity index is 1170. The van der Waals surface area contributed by atoms with Gasteiger partial charge in [0.25, 0.3) is 6.02 Å². The van der Waals surface area contributed by atoms with Crippen molar-refractivity contribution in [1.82, 2.24) is 4.98 Å². The Morgan fingerprint density at radius 1 is 1.41 bits per heavy atom. The number of hydrogen-bond donors (Lipinski definition) is 1. The molecule has 0 radical (unpaired) electrons. The van der Waals surface area contributed by atoms with Gasteiger partial charge in [-0.05, 0) is 60.4 Å². The second-order valence-corrected chi connectivity index (χ2v) is 8.43. The molecule has 1 fully saturated rings. The first-order valence-electron chi connectivity index (χ1n) is 12.3. The van der Waals surface area contributed by atoms with Crippen molar-refractivity contribution in [2.75, 3.05) is 13.6 Å². The summed E-state index contributed by atoms with van der Waals surface area (Å²) in [5, 5.41) is 0. The van der Waals surface area contributed by atoms with Crippen molar-refractivity contribution >= 4 is 6.02 Å². The number of benzene rings is 1. The first kappa shape index (κ1) is 13.7. The van der Waals surface area contributed by atoms with Crippen LogP contribution in [0.1, 0.15) is 44.2 Å². The number of pyridine rings is 1. The van der Waals surface area contributed by atoms with Gasteiger partial charge in [-0.2, -0.15) is 0 Å². The Kier molecular flexibility index (Phi) is 3.08. The molecule has 2 N–H and O–H groups in total. The van der Waals surface area contributed by atoms with Crippen molar-refractivity contribution in [2.45, 2.75) is 44.2 Å². The molecule has 0 amide bonds. The van der Waals surface area contributed by atoms with Crippen LogP contribution in [0.4, 0.5) is 4.39 Å². The molecule has 5 rings (SSSR count). The van der Waals surface area contributed by atoms with Gasteiger partial charge in [-0.3, -0.25) is 4.98 Å². The maximum atomic E-state index is 14.5. The zero-order valence-corrected chi connectivity index (χ0v) is 16.1. The quantitative estimate of drug-likeness (QED) is 0.832. The third-order valence-electron chi connectivity index (χ3n) is 6.86.